The van der Waals surface area contributed by atoms with Crippen molar-refractivity contribution in [3.8, 4) is 0 Å². The van der Waals surface area contributed by atoms with Gasteiger partial charge in [0.2, 0.25) is 5.91 Å². The van der Waals surface area contributed by atoms with Crippen LogP contribution in [0.2, 0.25) is 0 Å². The van der Waals surface area contributed by atoms with Gasteiger partial charge in [-0.25, -0.2) is 0 Å². The maximum atomic E-state index is 13.0. The number of quaternary nitrogens is 1. The minimum atomic E-state index is -4.57. The first-order valence-electron chi connectivity index (χ1n) is 29.5. The summed E-state index contributed by atoms with van der Waals surface area (Å²) < 4.78 is 23.4. The van der Waals surface area contributed by atoms with Gasteiger partial charge in [0.25, 0.3) is 7.82 Å². The molecular formula is C60H115N2O6P. The Balaban J connectivity index is 3.98. The Labute approximate surface area is 429 Å². The summed E-state index contributed by atoms with van der Waals surface area (Å²) in [7, 11) is 1.31. The van der Waals surface area contributed by atoms with E-state index in [4.69, 9.17) is 9.05 Å². The van der Waals surface area contributed by atoms with Crippen molar-refractivity contribution in [3.05, 3.63) is 48.6 Å². The minimum Gasteiger partial charge on any atom is -0.756 e. The van der Waals surface area contributed by atoms with Gasteiger partial charge in [0, 0.05) is 6.42 Å². The number of allylic oxidation sites excluding steroid dienone is 8. The van der Waals surface area contributed by atoms with Gasteiger partial charge in [0.15, 0.2) is 0 Å². The van der Waals surface area contributed by atoms with E-state index in [1.54, 1.807) is 0 Å². The van der Waals surface area contributed by atoms with Gasteiger partial charge in [-0.2, -0.15) is 0 Å². The Morgan fingerprint density at radius 3 is 1.29 bits per heavy atom. The SMILES string of the molecule is CC/C=C\C/C=C\C/C=C\C/C=C\CCCCCCCCCCCCCCCCCCCCCCC(=O)NC(COP(=O)([O-])OCC[N+](C)(C)C)C(O)CCCCCCCCCCCCCCCC. The standard InChI is InChI=1S/C60H115N2O6P/c1-6-8-10-12-14-16-18-20-22-23-24-25-26-27-28-29-30-31-32-33-34-35-36-37-38-39-40-42-44-46-48-50-52-54-60(64)61-58(57-68-69(65,66)67-56-55-62(3,4)5)59(63)53-51-49-47-45-43-41-21-19-17-15-13-11-9-7-2/h8,10,14,16,20,22,24-25,58-59,63H,6-7,9,11-13,15,17-19,21,23,26-57H2,1-5H3,(H-,61,64,65,66)/b10-8-,16-14-,22-20-,25-24-. The predicted octanol–water partition coefficient (Wildman–Crippen LogP) is 17.3. The molecule has 0 radical (unpaired) electrons. The van der Waals surface area contributed by atoms with E-state index in [0.29, 0.717) is 23.9 Å². The Morgan fingerprint density at radius 1 is 0.522 bits per heavy atom. The zero-order chi connectivity index (χ0) is 50.6. The van der Waals surface area contributed by atoms with Crippen LogP contribution < -0.4 is 10.2 Å². The monoisotopic (exact) mass is 991 g/mol. The summed E-state index contributed by atoms with van der Waals surface area (Å²) in [4.78, 5) is 25.5. The average Bonchev–Trinajstić information content (AvgIpc) is 3.31. The molecule has 0 heterocycles. The number of amides is 1. The largest absolute Gasteiger partial charge is 0.756 e. The number of hydrogen-bond acceptors (Lipinski definition) is 6. The van der Waals surface area contributed by atoms with Crippen LogP contribution in [0.1, 0.15) is 277 Å². The summed E-state index contributed by atoms with van der Waals surface area (Å²) in [5, 5.41) is 14.0. The number of rotatable bonds is 54. The molecule has 0 aliphatic heterocycles. The molecule has 0 aromatic rings. The molecule has 3 unspecified atom stereocenters. The molecular weight excluding hydrogens is 876 g/mol. The third-order valence-electron chi connectivity index (χ3n) is 13.3. The van der Waals surface area contributed by atoms with Gasteiger partial charge in [0.1, 0.15) is 13.2 Å². The summed E-state index contributed by atoms with van der Waals surface area (Å²) in [6.07, 6.45) is 67.3. The topological polar surface area (TPSA) is 108 Å². The van der Waals surface area contributed by atoms with Crippen LogP contribution in [0.15, 0.2) is 48.6 Å². The summed E-state index contributed by atoms with van der Waals surface area (Å²) in [6, 6.07) is -0.799. The first-order valence-corrected chi connectivity index (χ1v) is 30.9. The summed E-state index contributed by atoms with van der Waals surface area (Å²) in [6.45, 7) is 4.63. The zero-order valence-electron chi connectivity index (χ0n) is 46.3. The number of nitrogens with one attached hydrogen (secondary N) is 1. The molecule has 0 saturated carbocycles. The Bertz CT molecular complexity index is 1260. The van der Waals surface area contributed by atoms with Gasteiger partial charge in [0.05, 0.1) is 39.9 Å². The molecule has 0 aromatic heterocycles. The lowest BCUT2D eigenvalue weighted by atomic mass is 10.0. The smallest absolute Gasteiger partial charge is 0.268 e. The quantitative estimate of drug-likeness (QED) is 0.0272. The fraction of sp³-hybridized carbons (Fsp3) is 0.850. The van der Waals surface area contributed by atoms with Gasteiger partial charge < -0.3 is 28.8 Å². The minimum absolute atomic E-state index is 0.0133. The fourth-order valence-electron chi connectivity index (χ4n) is 8.74. The van der Waals surface area contributed by atoms with E-state index >= 15 is 0 Å². The van der Waals surface area contributed by atoms with Crippen LogP contribution in [0.3, 0.4) is 0 Å². The van der Waals surface area contributed by atoms with Crippen LogP contribution in [0.5, 0.6) is 0 Å². The highest BCUT2D eigenvalue weighted by Gasteiger charge is 2.24. The molecule has 9 heteroatoms. The van der Waals surface area contributed by atoms with Gasteiger partial charge in [-0.05, 0) is 51.4 Å². The molecule has 2 N–H and O–H groups in total. The highest BCUT2D eigenvalue weighted by atomic mass is 31.2. The molecule has 0 bridgehead atoms. The van der Waals surface area contributed by atoms with Crippen LogP contribution in [0, 0.1) is 0 Å². The molecule has 3 atom stereocenters. The van der Waals surface area contributed by atoms with Crippen LogP contribution >= 0.6 is 7.82 Å². The number of phosphoric acid groups is 1. The van der Waals surface area contributed by atoms with E-state index in [-0.39, 0.29) is 19.1 Å². The van der Waals surface area contributed by atoms with E-state index in [9.17, 15) is 19.4 Å². The number of aliphatic hydroxyl groups excluding tert-OH is 1. The highest BCUT2D eigenvalue weighted by molar-refractivity contribution is 7.45. The molecule has 0 fully saturated rings. The number of carbonyl (C=O) groups is 1. The molecule has 8 nitrogen and oxygen atoms in total. The third-order valence-corrected chi connectivity index (χ3v) is 14.3. The van der Waals surface area contributed by atoms with Crippen molar-refractivity contribution in [2.75, 3.05) is 40.9 Å². The van der Waals surface area contributed by atoms with Crippen molar-refractivity contribution in [1.29, 1.82) is 0 Å². The van der Waals surface area contributed by atoms with Gasteiger partial charge in [-0.15, -0.1) is 0 Å². The van der Waals surface area contributed by atoms with Crippen molar-refractivity contribution in [1.82, 2.24) is 5.32 Å². The molecule has 0 aromatic carbocycles. The number of likely N-dealkylation sites (N-methyl/N-ethyl adjacent to an activating group) is 1. The number of aliphatic hydroxyl groups is 1. The van der Waals surface area contributed by atoms with E-state index in [1.165, 1.54) is 186 Å². The summed E-state index contributed by atoms with van der Waals surface area (Å²) >= 11 is 0. The van der Waals surface area contributed by atoms with Gasteiger partial charge in [-0.3, -0.25) is 9.36 Å². The van der Waals surface area contributed by atoms with Crippen molar-refractivity contribution in [2.24, 2.45) is 0 Å². The van der Waals surface area contributed by atoms with Crippen molar-refractivity contribution in [2.45, 2.75) is 289 Å². The van der Waals surface area contributed by atoms with Crippen LogP contribution in [-0.2, 0) is 18.4 Å². The molecule has 0 saturated heterocycles. The van der Waals surface area contributed by atoms with Gasteiger partial charge >= 0.3 is 0 Å². The van der Waals surface area contributed by atoms with Crippen molar-refractivity contribution in [3.63, 3.8) is 0 Å². The van der Waals surface area contributed by atoms with Crippen molar-refractivity contribution >= 4 is 13.7 Å². The summed E-state index contributed by atoms with van der Waals surface area (Å²) in [5.74, 6) is -0.161. The van der Waals surface area contributed by atoms with Gasteiger partial charge in [-0.1, -0.05) is 268 Å². The van der Waals surface area contributed by atoms with Crippen LogP contribution in [0.25, 0.3) is 0 Å². The second-order valence-electron chi connectivity index (χ2n) is 21.3. The number of hydrogen-bond donors (Lipinski definition) is 2. The van der Waals surface area contributed by atoms with Crippen LogP contribution in [-0.4, -0.2) is 68.5 Å². The summed E-state index contributed by atoms with van der Waals surface area (Å²) in [5.41, 5.74) is 0. The van der Waals surface area contributed by atoms with Crippen molar-refractivity contribution < 1.29 is 32.9 Å². The van der Waals surface area contributed by atoms with E-state index in [2.05, 4.69) is 67.8 Å². The molecule has 0 spiro atoms. The number of carbonyl (C=O) groups excluding carboxylic acids is 1. The maximum Gasteiger partial charge on any atom is 0.268 e. The molecule has 0 aliphatic rings. The third kappa shape index (κ3) is 54.1. The molecule has 1 amide bonds. The second kappa shape index (κ2) is 51.4. The first-order chi connectivity index (χ1) is 33.5. The highest BCUT2D eigenvalue weighted by Crippen LogP contribution is 2.38. The molecule has 69 heavy (non-hydrogen) atoms. The number of nitrogens with zero attached hydrogens (tertiary/aromatic N) is 1. The Hall–Kier alpha value is -1.54. The molecule has 0 aliphatic carbocycles. The van der Waals surface area contributed by atoms with Crippen LogP contribution in [0.4, 0.5) is 0 Å². The van der Waals surface area contributed by atoms with E-state index in [0.717, 1.165) is 64.2 Å². The van der Waals surface area contributed by atoms with E-state index < -0.39 is 20.0 Å². The second-order valence-corrected chi connectivity index (χ2v) is 22.7. The molecule has 406 valence electrons. The lowest BCUT2D eigenvalue weighted by Crippen LogP contribution is -2.46. The zero-order valence-corrected chi connectivity index (χ0v) is 47.2. The lowest BCUT2D eigenvalue weighted by molar-refractivity contribution is -0.870. The molecule has 0 rings (SSSR count). The maximum absolute atomic E-state index is 13.0. The Morgan fingerprint density at radius 2 is 0.884 bits per heavy atom. The fourth-order valence-corrected chi connectivity index (χ4v) is 9.46. The number of phosphoric ester groups is 1. The average molecular weight is 992 g/mol. The van der Waals surface area contributed by atoms with E-state index in [1.807, 2.05) is 21.1 Å². The normalized spacial score (nSPS) is 14.2. The Kier molecular flexibility index (Phi) is 50.2. The number of unbranched alkanes of at least 4 members (excludes halogenated alkanes) is 33. The first kappa shape index (κ1) is 67.5. The lowest BCUT2D eigenvalue weighted by Gasteiger charge is -2.30. The predicted molar refractivity (Wildman–Crippen MR) is 298 cm³/mol.